The Bertz CT molecular complexity index is 1420. The first-order chi connectivity index (χ1) is 20.6. The zero-order valence-corrected chi connectivity index (χ0v) is 27.0. The molecule has 232 valence electrons. The summed E-state index contributed by atoms with van der Waals surface area (Å²) >= 11 is 0. The zero-order chi connectivity index (χ0) is 31.2. The second-order valence-electron chi connectivity index (χ2n) is 10.2. The SMILES string of the molecule is CCC(=O)NCCCCS(=O)(=O)NS(=O)(=O)CCCCNC(=O)C[P+](c1ccccc1)(c1ccccc1)c1ccccc1. The van der Waals surface area contributed by atoms with Gasteiger partial charge in [0.05, 0.1) is 11.5 Å². The van der Waals surface area contributed by atoms with Crippen LogP contribution in [0.15, 0.2) is 91.0 Å². The third kappa shape index (κ3) is 10.8. The fraction of sp³-hybridized carbons (Fsp3) is 0.355. The molecule has 0 aliphatic heterocycles. The molecule has 43 heavy (non-hydrogen) atoms. The lowest BCUT2D eigenvalue weighted by Gasteiger charge is -2.27. The van der Waals surface area contributed by atoms with Gasteiger partial charge in [-0.15, -0.1) is 4.13 Å². The molecule has 0 unspecified atom stereocenters. The van der Waals surface area contributed by atoms with Gasteiger partial charge >= 0.3 is 0 Å². The molecule has 0 fully saturated rings. The largest absolute Gasteiger partial charge is 0.356 e. The molecule has 3 aromatic carbocycles. The summed E-state index contributed by atoms with van der Waals surface area (Å²) in [6.07, 6.45) is 1.81. The van der Waals surface area contributed by atoms with Gasteiger partial charge in [-0.1, -0.05) is 61.5 Å². The van der Waals surface area contributed by atoms with Crippen LogP contribution in [0.25, 0.3) is 0 Å². The monoisotopic (exact) mass is 646 g/mol. The van der Waals surface area contributed by atoms with E-state index in [4.69, 9.17) is 0 Å². The smallest absolute Gasteiger partial charge is 0.258 e. The molecule has 9 nitrogen and oxygen atoms in total. The molecule has 0 aromatic heterocycles. The van der Waals surface area contributed by atoms with Crippen LogP contribution in [0, 0.1) is 0 Å². The number of carbonyl (C=O) groups excluding carboxylic acids is 2. The molecule has 0 saturated heterocycles. The van der Waals surface area contributed by atoms with E-state index in [-0.39, 0.29) is 48.9 Å². The van der Waals surface area contributed by atoms with E-state index in [2.05, 4.69) is 47.0 Å². The Kier molecular flexibility index (Phi) is 13.3. The molecule has 0 bridgehead atoms. The highest BCUT2D eigenvalue weighted by Gasteiger charge is 2.47. The molecule has 3 N–H and O–H groups in total. The second-order valence-corrected chi connectivity index (χ2v) is 17.6. The van der Waals surface area contributed by atoms with Crippen LogP contribution < -0.4 is 30.7 Å². The molecule has 12 heteroatoms. The number of hydrogen-bond donors (Lipinski definition) is 3. The molecular formula is C31H41N3O6PS2+. The van der Waals surface area contributed by atoms with Gasteiger partial charge in [0, 0.05) is 19.5 Å². The predicted molar refractivity (Wildman–Crippen MR) is 176 cm³/mol. The third-order valence-corrected chi connectivity index (χ3v) is 14.9. The van der Waals surface area contributed by atoms with E-state index in [1.165, 1.54) is 0 Å². The highest BCUT2D eigenvalue weighted by molar-refractivity contribution is 8.04. The summed E-state index contributed by atoms with van der Waals surface area (Å²) in [6, 6.07) is 30.2. The van der Waals surface area contributed by atoms with Crippen molar-refractivity contribution in [2.24, 2.45) is 0 Å². The Labute approximate surface area is 256 Å². The van der Waals surface area contributed by atoms with Gasteiger partial charge in [-0.3, -0.25) is 9.59 Å². The first kappa shape index (κ1) is 34.4. The quantitative estimate of drug-likeness (QED) is 0.143. The van der Waals surface area contributed by atoms with Crippen molar-refractivity contribution in [1.82, 2.24) is 14.8 Å². The Morgan fingerprint density at radius 2 is 0.953 bits per heavy atom. The van der Waals surface area contributed by atoms with Crippen LogP contribution >= 0.6 is 7.26 Å². The van der Waals surface area contributed by atoms with E-state index in [9.17, 15) is 26.4 Å². The van der Waals surface area contributed by atoms with Gasteiger partial charge < -0.3 is 10.6 Å². The lowest BCUT2D eigenvalue weighted by molar-refractivity contribution is -0.121. The second kappa shape index (κ2) is 16.7. The number of carbonyl (C=O) groups is 2. The minimum atomic E-state index is -4.05. The number of amides is 2. The molecule has 0 heterocycles. The summed E-state index contributed by atoms with van der Waals surface area (Å²) in [4.78, 5) is 24.7. The normalized spacial score (nSPS) is 12.0. The summed E-state index contributed by atoms with van der Waals surface area (Å²) in [5, 5.41) is 8.88. The van der Waals surface area contributed by atoms with E-state index in [0.717, 1.165) is 15.9 Å². The Morgan fingerprint density at radius 3 is 1.33 bits per heavy atom. The molecule has 0 aliphatic carbocycles. The van der Waals surface area contributed by atoms with Gasteiger partial charge in [-0.05, 0) is 62.1 Å². The summed E-state index contributed by atoms with van der Waals surface area (Å²) in [6.45, 7) is 2.33. The number of nitrogens with one attached hydrogen (secondary N) is 3. The van der Waals surface area contributed by atoms with Gasteiger partial charge in [-0.25, -0.2) is 16.8 Å². The van der Waals surface area contributed by atoms with Crippen LogP contribution in [0.3, 0.4) is 0 Å². The fourth-order valence-corrected chi connectivity index (χ4v) is 12.1. The van der Waals surface area contributed by atoms with E-state index >= 15 is 0 Å². The Balaban J connectivity index is 1.56. The average molecular weight is 647 g/mol. The maximum atomic E-state index is 13.4. The lowest BCUT2D eigenvalue weighted by Crippen LogP contribution is -2.39. The summed E-state index contributed by atoms with van der Waals surface area (Å²) in [7, 11) is -10.4. The number of hydrogen-bond acceptors (Lipinski definition) is 6. The number of unbranched alkanes of at least 4 members (excludes halogenated alkanes) is 2. The first-order valence-electron chi connectivity index (χ1n) is 14.4. The van der Waals surface area contributed by atoms with Crippen LogP contribution in [-0.4, -0.2) is 59.4 Å². The molecule has 0 saturated carbocycles. The Hall–Kier alpha value is -3.11. The van der Waals surface area contributed by atoms with Crippen molar-refractivity contribution >= 4 is 55.0 Å². The molecule has 3 rings (SSSR count). The van der Waals surface area contributed by atoms with Gasteiger partial charge in [-0.2, -0.15) is 0 Å². The topological polar surface area (TPSA) is 139 Å². The Morgan fingerprint density at radius 1 is 0.581 bits per heavy atom. The number of sulfonamides is 2. The standard InChI is InChI=1S/C31H40N3O6PS2/c1-2-30(35)32-22-12-14-24-42(37,38)34-43(39,40)25-15-13-23-33-31(36)26-41(27-16-6-3-7-17-27,28-18-8-4-9-19-28)29-20-10-5-11-21-29/h3-11,16-21,34H,2,12-15,22-26H2,1H3,(H-,32,33,35,36)/p+1. The summed E-state index contributed by atoms with van der Waals surface area (Å²) < 4.78 is 51.0. The average Bonchev–Trinajstić information content (AvgIpc) is 3.00. The van der Waals surface area contributed by atoms with Crippen molar-refractivity contribution in [2.75, 3.05) is 30.8 Å². The van der Waals surface area contributed by atoms with E-state index in [0.29, 0.717) is 25.8 Å². The fourth-order valence-electron chi connectivity index (χ4n) is 4.73. The maximum Gasteiger partial charge on any atom is 0.258 e. The van der Waals surface area contributed by atoms with Crippen molar-refractivity contribution in [3.05, 3.63) is 91.0 Å². The minimum Gasteiger partial charge on any atom is -0.356 e. The van der Waals surface area contributed by atoms with Gasteiger partial charge in [0.25, 0.3) is 5.91 Å². The summed E-state index contributed by atoms with van der Waals surface area (Å²) in [5.74, 6) is -0.976. The van der Waals surface area contributed by atoms with Crippen molar-refractivity contribution < 1.29 is 26.4 Å². The van der Waals surface area contributed by atoms with E-state index in [1.807, 2.05) is 54.6 Å². The lowest BCUT2D eigenvalue weighted by atomic mass is 10.3. The van der Waals surface area contributed by atoms with Crippen molar-refractivity contribution in [3.8, 4) is 0 Å². The number of rotatable bonds is 18. The van der Waals surface area contributed by atoms with Crippen LogP contribution in [0.4, 0.5) is 0 Å². The van der Waals surface area contributed by atoms with Crippen molar-refractivity contribution in [1.29, 1.82) is 0 Å². The highest BCUT2D eigenvalue weighted by atomic mass is 32.3. The van der Waals surface area contributed by atoms with Crippen LogP contribution in [-0.2, 0) is 29.6 Å². The minimum absolute atomic E-state index is 0.121. The molecule has 0 aliphatic rings. The maximum absolute atomic E-state index is 13.4. The highest BCUT2D eigenvalue weighted by Crippen LogP contribution is 2.54. The third-order valence-electron chi connectivity index (χ3n) is 6.87. The van der Waals surface area contributed by atoms with E-state index in [1.54, 1.807) is 11.1 Å². The molecular weight excluding hydrogens is 605 g/mol. The van der Waals surface area contributed by atoms with Gasteiger partial charge in [0.15, 0.2) is 6.16 Å². The van der Waals surface area contributed by atoms with E-state index < -0.39 is 27.3 Å². The predicted octanol–water partition coefficient (Wildman–Crippen LogP) is 2.43. The molecule has 2 amide bonds. The molecule has 0 spiro atoms. The molecule has 3 aromatic rings. The van der Waals surface area contributed by atoms with Crippen molar-refractivity contribution in [2.45, 2.75) is 39.0 Å². The van der Waals surface area contributed by atoms with Crippen LogP contribution in [0.5, 0.6) is 0 Å². The number of benzene rings is 3. The van der Waals surface area contributed by atoms with Gasteiger partial charge in [0.2, 0.25) is 26.0 Å². The first-order valence-corrected chi connectivity index (χ1v) is 19.7. The van der Waals surface area contributed by atoms with Crippen molar-refractivity contribution in [3.63, 3.8) is 0 Å². The molecule has 0 atom stereocenters. The van der Waals surface area contributed by atoms with Gasteiger partial charge in [0.1, 0.15) is 23.2 Å². The summed E-state index contributed by atoms with van der Waals surface area (Å²) in [5.41, 5.74) is 0. The van der Waals surface area contributed by atoms with Crippen LogP contribution in [0.2, 0.25) is 0 Å². The molecule has 0 radical (unpaired) electrons. The zero-order valence-electron chi connectivity index (χ0n) is 24.4. The van der Waals surface area contributed by atoms with Crippen LogP contribution in [0.1, 0.15) is 39.0 Å².